The minimum absolute atomic E-state index is 0. The Morgan fingerprint density at radius 3 is 2.67 bits per heavy atom. The van der Waals surface area contributed by atoms with Crippen LogP contribution in [0, 0.1) is 0 Å². The third-order valence-electron chi connectivity index (χ3n) is 4.65. The molecule has 0 unspecified atom stereocenters. The molecule has 0 amide bonds. The number of aromatic nitrogens is 1. The topological polar surface area (TPSA) is 15.8 Å². The molecule has 0 spiro atoms. The molecule has 1 N–H and O–H groups in total. The van der Waals surface area contributed by atoms with E-state index in [1.807, 2.05) is 0 Å². The molecule has 24 heavy (non-hydrogen) atoms. The molecule has 0 bridgehead atoms. The fraction of sp³-hybridized carbons (Fsp3) is 0.100. The van der Waals surface area contributed by atoms with Crippen LogP contribution in [0.1, 0.15) is 17.5 Å². The van der Waals surface area contributed by atoms with Gasteiger partial charge in [0.2, 0.25) is 0 Å². The number of benzene rings is 2. The zero-order valence-corrected chi connectivity index (χ0v) is 16.9. The maximum absolute atomic E-state index is 3.69. The van der Waals surface area contributed by atoms with Crippen molar-refractivity contribution < 1.29 is 48.0 Å². The second-order valence-electron chi connectivity index (χ2n) is 5.99. The molecule has 0 saturated carbocycles. The number of halogens is 2. The van der Waals surface area contributed by atoms with Gasteiger partial charge in [-0.1, -0.05) is 0 Å². The number of aromatic amines is 1. The number of nitrogens with one attached hydrogen (secondary N) is 1. The van der Waals surface area contributed by atoms with Gasteiger partial charge in [0.05, 0.1) is 0 Å². The van der Waals surface area contributed by atoms with Crippen molar-refractivity contribution in [3.63, 3.8) is 0 Å². The van der Waals surface area contributed by atoms with Gasteiger partial charge in [-0.3, -0.25) is 0 Å². The molecular weight excluding hydrogens is 416 g/mol. The Labute approximate surface area is 165 Å². The molecule has 2 aliphatic carbocycles. The van der Waals surface area contributed by atoms with Gasteiger partial charge in [-0.2, -0.15) is 0 Å². The van der Waals surface area contributed by atoms with Crippen LogP contribution in [0.2, 0.25) is 0 Å². The van der Waals surface area contributed by atoms with Gasteiger partial charge in [0.15, 0.2) is 0 Å². The maximum atomic E-state index is 3.69. The third kappa shape index (κ3) is 2.75. The average Bonchev–Trinajstić information content (AvgIpc) is 3.22. The Hall–Kier alpha value is -1.08. The molecule has 0 atom stereocenters. The summed E-state index contributed by atoms with van der Waals surface area (Å²) in [6, 6.07) is 15.6. The Bertz CT molecular complexity index is 969. The average molecular weight is 431 g/mol. The number of allylic oxidation sites excluding steroid dienone is 4. The molecule has 0 radical (unpaired) electrons. The van der Waals surface area contributed by atoms with E-state index in [0.29, 0.717) is 0 Å². The summed E-state index contributed by atoms with van der Waals surface area (Å²) in [5.41, 5.74) is 7.07. The normalized spacial score (nSPS) is 13.6. The molecule has 0 saturated heterocycles. The molecule has 5 rings (SSSR count). The van der Waals surface area contributed by atoms with Crippen molar-refractivity contribution in [2.45, 2.75) is 12.8 Å². The van der Waals surface area contributed by atoms with E-state index in [2.05, 4.69) is 65.7 Å². The van der Waals surface area contributed by atoms with Gasteiger partial charge < -0.3 is 24.8 Å². The molecule has 1 aromatic heterocycles. The second kappa shape index (κ2) is 7.04. The molecule has 1 nitrogen and oxygen atoms in total. The molecule has 0 aliphatic heterocycles. The van der Waals surface area contributed by atoms with E-state index < -0.39 is 23.2 Å². The Balaban J connectivity index is 0.000000845. The summed E-state index contributed by atoms with van der Waals surface area (Å²) in [5.74, 6) is 0. The molecule has 2 aliphatic rings. The molecule has 2 aromatic carbocycles. The summed E-state index contributed by atoms with van der Waals surface area (Å²) in [7, 11) is 0. The van der Waals surface area contributed by atoms with Crippen molar-refractivity contribution in [2.24, 2.45) is 0 Å². The molecule has 4 heteroatoms. The van der Waals surface area contributed by atoms with E-state index >= 15 is 0 Å². The van der Waals surface area contributed by atoms with E-state index in [9.17, 15) is 0 Å². The summed E-state index contributed by atoms with van der Waals surface area (Å²) < 4.78 is 3.31. The first-order valence-corrected chi connectivity index (χ1v) is 10.2. The summed E-state index contributed by atoms with van der Waals surface area (Å²) >= 11 is -0.670. The van der Waals surface area contributed by atoms with Crippen LogP contribution in [0.5, 0.6) is 0 Å². The Morgan fingerprint density at radius 1 is 0.958 bits per heavy atom. The first kappa shape index (κ1) is 17.7. The van der Waals surface area contributed by atoms with Gasteiger partial charge in [0, 0.05) is 0 Å². The zero-order chi connectivity index (χ0) is 14.5. The van der Waals surface area contributed by atoms with Crippen molar-refractivity contribution in [2.75, 3.05) is 0 Å². The first-order chi connectivity index (χ1) is 10.9. The van der Waals surface area contributed by atoms with Crippen LogP contribution in [0.15, 0.2) is 64.0 Å². The Kier molecular flexibility index (Phi) is 5.20. The van der Waals surface area contributed by atoms with Crippen LogP contribution in [0.3, 0.4) is 0 Å². The van der Waals surface area contributed by atoms with E-state index in [4.69, 9.17) is 0 Å². The largest absolute Gasteiger partial charge is 1.00 e. The summed E-state index contributed by atoms with van der Waals surface area (Å²) in [5, 5.41) is 1.52. The van der Waals surface area contributed by atoms with Crippen LogP contribution in [-0.4, -0.2) is 4.98 Å². The van der Waals surface area contributed by atoms with Gasteiger partial charge >= 0.3 is 142 Å². The van der Waals surface area contributed by atoms with E-state index in [-0.39, 0.29) is 24.8 Å². The first-order valence-electron chi connectivity index (χ1n) is 7.75. The van der Waals surface area contributed by atoms with Crippen molar-refractivity contribution in [1.82, 2.24) is 4.98 Å². The maximum Gasteiger partial charge on any atom is -1.00 e. The number of H-pyrrole nitrogens is 1. The third-order valence-corrected chi connectivity index (χ3v) is 8.04. The number of fused-ring (bicyclic) bond motifs is 5. The summed E-state index contributed by atoms with van der Waals surface area (Å²) in [6.45, 7) is 0. The van der Waals surface area contributed by atoms with E-state index in [1.54, 1.807) is 6.55 Å². The number of hydrogen-bond acceptors (Lipinski definition) is 0. The molecule has 1 heterocycles. The van der Waals surface area contributed by atoms with Gasteiger partial charge in [-0.15, -0.1) is 0 Å². The minimum Gasteiger partial charge on any atom is -1.00 e. The SMILES string of the molecule is C1=CC[C]([Zr+2][c]2cccc3[nH]c4c(c23)Cc2ccccc2-4)=C1.[Cl-].[Cl-]. The van der Waals surface area contributed by atoms with Crippen molar-refractivity contribution in [3.8, 4) is 11.3 Å². The predicted octanol–water partition coefficient (Wildman–Crippen LogP) is -1.70. The van der Waals surface area contributed by atoms with Crippen LogP contribution in [0.25, 0.3) is 22.2 Å². The van der Waals surface area contributed by atoms with E-state index in [0.717, 1.165) is 6.42 Å². The number of hydrogen-bond donors (Lipinski definition) is 1. The monoisotopic (exact) mass is 429 g/mol. The molecule has 0 fully saturated rings. The molecule has 3 aromatic rings. The van der Waals surface area contributed by atoms with E-state index in [1.165, 1.54) is 39.7 Å². The van der Waals surface area contributed by atoms with Gasteiger partial charge in [0.1, 0.15) is 0 Å². The zero-order valence-electron chi connectivity index (χ0n) is 12.9. The Morgan fingerprint density at radius 2 is 1.83 bits per heavy atom. The molecule has 118 valence electrons. The summed E-state index contributed by atoms with van der Waals surface area (Å²) in [6.07, 6.45) is 9.10. The minimum atomic E-state index is -0.670. The van der Waals surface area contributed by atoms with Crippen LogP contribution >= 0.6 is 0 Å². The van der Waals surface area contributed by atoms with Gasteiger partial charge in [0.25, 0.3) is 0 Å². The van der Waals surface area contributed by atoms with Gasteiger partial charge in [-0.05, 0) is 0 Å². The predicted molar refractivity (Wildman–Crippen MR) is 88.0 cm³/mol. The second-order valence-corrected chi connectivity index (χ2v) is 9.51. The van der Waals surface area contributed by atoms with Crippen molar-refractivity contribution >= 4 is 14.2 Å². The molecular formula is C20H15Cl2NZr. The summed E-state index contributed by atoms with van der Waals surface area (Å²) in [4.78, 5) is 3.69. The van der Waals surface area contributed by atoms with Crippen LogP contribution < -0.4 is 28.1 Å². The van der Waals surface area contributed by atoms with Crippen molar-refractivity contribution in [3.05, 3.63) is 75.1 Å². The van der Waals surface area contributed by atoms with Crippen LogP contribution in [-0.2, 0) is 29.7 Å². The standard InChI is InChI=1S/C15H10N.C5H5.2ClH.Zr/c1-2-6-11-10(5-1)9-13-12-7-3-4-8-14(12)16-15(11)13;1-2-4-5-3-1;;;/h1-6,8,16H,9H2;1-3H,4H2;2*1H;/q;;;;+2/p-2. The van der Waals surface area contributed by atoms with Crippen molar-refractivity contribution in [1.29, 1.82) is 0 Å². The fourth-order valence-corrected chi connectivity index (χ4v) is 6.93. The van der Waals surface area contributed by atoms with Gasteiger partial charge in [-0.25, -0.2) is 0 Å². The van der Waals surface area contributed by atoms with Crippen LogP contribution in [0.4, 0.5) is 0 Å². The quantitative estimate of drug-likeness (QED) is 0.390. The number of rotatable bonds is 2. The smallest absolute Gasteiger partial charge is 1.00 e. The fourth-order valence-electron chi connectivity index (χ4n) is 3.65.